The molecular weight excluding hydrogens is 202 g/mol. The third-order valence-electron chi connectivity index (χ3n) is 4.67. The third-order valence-corrected chi connectivity index (χ3v) is 4.67. The summed E-state index contributed by atoms with van der Waals surface area (Å²) in [5, 5.41) is 9.32. The highest BCUT2D eigenvalue weighted by molar-refractivity contribution is 5.74. The molecule has 3 atom stereocenters. The molecule has 0 aromatic rings. The minimum Gasteiger partial charge on any atom is -0.480 e. The van der Waals surface area contributed by atoms with Crippen LogP contribution >= 0.6 is 0 Å². The largest absolute Gasteiger partial charge is 0.480 e. The van der Waals surface area contributed by atoms with Crippen molar-refractivity contribution in [2.45, 2.75) is 57.0 Å². The van der Waals surface area contributed by atoms with Gasteiger partial charge in [-0.15, -0.1) is 0 Å². The summed E-state index contributed by atoms with van der Waals surface area (Å²) in [5.74, 6) is 0.895. The zero-order valence-electron chi connectivity index (χ0n) is 9.77. The van der Waals surface area contributed by atoms with E-state index in [-0.39, 0.29) is 6.04 Å². The summed E-state index contributed by atoms with van der Waals surface area (Å²) < 4.78 is 0. The highest BCUT2D eigenvalue weighted by Gasteiger charge is 2.46. The number of hydrogen-bond acceptors (Lipinski definition) is 2. The molecule has 1 aliphatic heterocycles. The summed E-state index contributed by atoms with van der Waals surface area (Å²) in [5.41, 5.74) is 0. The van der Waals surface area contributed by atoms with Crippen LogP contribution in [0.25, 0.3) is 0 Å². The van der Waals surface area contributed by atoms with Crippen LogP contribution in [0.1, 0.15) is 44.9 Å². The molecule has 1 N–H and O–H groups in total. The molecular formula is C13H21NO2. The fraction of sp³-hybridized carbons (Fsp3) is 0.923. The Morgan fingerprint density at radius 1 is 1.19 bits per heavy atom. The van der Waals surface area contributed by atoms with Crippen LogP contribution in [-0.2, 0) is 4.79 Å². The lowest BCUT2D eigenvalue weighted by molar-refractivity contribution is -0.142. The minimum atomic E-state index is -0.588. The molecule has 0 spiro atoms. The van der Waals surface area contributed by atoms with Crippen molar-refractivity contribution in [1.82, 2.24) is 4.90 Å². The predicted octanol–water partition coefficient (Wildman–Crippen LogP) is 2.11. The molecule has 3 rings (SSSR count). The average Bonchev–Trinajstić information content (AvgIpc) is 3.00. The second kappa shape index (κ2) is 4.02. The van der Waals surface area contributed by atoms with E-state index in [9.17, 15) is 9.90 Å². The number of aliphatic carboxylic acids is 1. The van der Waals surface area contributed by atoms with E-state index in [2.05, 4.69) is 4.90 Å². The smallest absolute Gasteiger partial charge is 0.320 e. The van der Waals surface area contributed by atoms with Gasteiger partial charge in [0.15, 0.2) is 0 Å². The van der Waals surface area contributed by atoms with E-state index in [4.69, 9.17) is 0 Å². The van der Waals surface area contributed by atoms with Crippen LogP contribution in [-0.4, -0.2) is 34.6 Å². The van der Waals surface area contributed by atoms with Crippen LogP contribution < -0.4 is 0 Å². The summed E-state index contributed by atoms with van der Waals surface area (Å²) in [6, 6.07) is 0.421. The van der Waals surface area contributed by atoms with Gasteiger partial charge in [-0.1, -0.05) is 12.8 Å². The topological polar surface area (TPSA) is 40.5 Å². The minimum absolute atomic E-state index is 0.173. The first-order valence-corrected chi connectivity index (χ1v) is 6.74. The fourth-order valence-corrected chi connectivity index (χ4v) is 3.66. The summed E-state index contributed by atoms with van der Waals surface area (Å²) in [7, 11) is 0. The summed E-state index contributed by atoms with van der Waals surface area (Å²) in [6.07, 6.45) is 8.66. The predicted molar refractivity (Wildman–Crippen MR) is 61.2 cm³/mol. The second-order valence-electron chi connectivity index (χ2n) is 5.84. The van der Waals surface area contributed by atoms with E-state index in [1.165, 1.54) is 38.5 Å². The van der Waals surface area contributed by atoms with Gasteiger partial charge in [-0.3, -0.25) is 9.69 Å². The number of hydrogen-bond donors (Lipinski definition) is 1. The zero-order chi connectivity index (χ0) is 11.1. The van der Waals surface area contributed by atoms with Crippen molar-refractivity contribution in [3.05, 3.63) is 0 Å². The second-order valence-corrected chi connectivity index (χ2v) is 5.84. The number of fused-ring (bicyclic) bond motifs is 1. The van der Waals surface area contributed by atoms with Gasteiger partial charge in [-0.05, 0) is 43.9 Å². The van der Waals surface area contributed by atoms with Gasteiger partial charge in [-0.2, -0.15) is 0 Å². The molecule has 3 nitrogen and oxygen atoms in total. The normalized spacial score (nSPS) is 39.6. The van der Waals surface area contributed by atoms with Crippen molar-refractivity contribution in [3.8, 4) is 0 Å². The summed E-state index contributed by atoms with van der Waals surface area (Å²) in [6.45, 7) is 1.05. The zero-order valence-corrected chi connectivity index (χ0v) is 9.77. The quantitative estimate of drug-likeness (QED) is 0.796. The van der Waals surface area contributed by atoms with Gasteiger partial charge < -0.3 is 5.11 Å². The van der Waals surface area contributed by atoms with E-state index in [1.54, 1.807) is 0 Å². The Labute approximate surface area is 96.8 Å². The molecule has 1 heterocycles. The van der Waals surface area contributed by atoms with Gasteiger partial charge in [0.2, 0.25) is 0 Å². The SMILES string of the molecule is O=C(O)C1CC2CCCCC2N1CC1CC1. The molecule has 16 heavy (non-hydrogen) atoms. The molecule has 0 bridgehead atoms. The Kier molecular flexibility index (Phi) is 2.66. The molecule has 2 saturated carbocycles. The number of rotatable bonds is 3. The Morgan fingerprint density at radius 2 is 1.94 bits per heavy atom. The van der Waals surface area contributed by atoms with Gasteiger partial charge in [0, 0.05) is 12.6 Å². The highest BCUT2D eigenvalue weighted by Crippen LogP contribution is 2.42. The molecule has 0 amide bonds. The molecule has 0 aromatic heterocycles. The molecule has 0 aromatic carbocycles. The van der Waals surface area contributed by atoms with Gasteiger partial charge in [0.25, 0.3) is 0 Å². The Balaban J connectivity index is 1.74. The first kappa shape index (κ1) is 10.6. The molecule has 3 unspecified atom stereocenters. The number of nitrogens with zero attached hydrogens (tertiary/aromatic N) is 1. The van der Waals surface area contributed by atoms with Gasteiger partial charge >= 0.3 is 5.97 Å². The van der Waals surface area contributed by atoms with Crippen molar-refractivity contribution in [2.75, 3.05) is 6.54 Å². The lowest BCUT2D eigenvalue weighted by atomic mass is 9.85. The highest BCUT2D eigenvalue weighted by atomic mass is 16.4. The fourth-order valence-electron chi connectivity index (χ4n) is 3.66. The van der Waals surface area contributed by atoms with Crippen LogP contribution in [0.15, 0.2) is 0 Å². The van der Waals surface area contributed by atoms with E-state index in [0.29, 0.717) is 12.0 Å². The summed E-state index contributed by atoms with van der Waals surface area (Å²) in [4.78, 5) is 13.7. The van der Waals surface area contributed by atoms with Crippen molar-refractivity contribution >= 4 is 5.97 Å². The standard InChI is InChI=1S/C13H21NO2/c15-13(16)12-7-10-3-1-2-4-11(10)14(12)8-9-5-6-9/h9-12H,1-8H2,(H,15,16). The van der Waals surface area contributed by atoms with E-state index >= 15 is 0 Å². The first-order valence-electron chi connectivity index (χ1n) is 6.74. The van der Waals surface area contributed by atoms with Crippen molar-refractivity contribution in [2.24, 2.45) is 11.8 Å². The third kappa shape index (κ3) is 1.86. The van der Waals surface area contributed by atoms with E-state index in [1.807, 2.05) is 0 Å². The van der Waals surface area contributed by atoms with Crippen molar-refractivity contribution < 1.29 is 9.90 Å². The number of carboxylic acid groups (broad SMARTS) is 1. The lowest BCUT2D eigenvalue weighted by Crippen LogP contribution is -2.43. The van der Waals surface area contributed by atoms with Gasteiger partial charge in [0.1, 0.15) is 6.04 Å². The van der Waals surface area contributed by atoms with Crippen molar-refractivity contribution in [1.29, 1.82) is 0 Å². The molecule has 0 radical (unpaired) electrons. The molecule has 1 saturated heterocycles. The van der Waals surface area contributed by atoms with Crippen LogP contribution in [0, 0.1) is 11.8 Å². The maximum Gasteiger partial charge on any atom is 0.320 e. The number of carboxylic acids is 1. The molecule has 3 heteroatoms. The molecule has 90 valence electrons. The van der Waals surface area contributed by atoms with Gasteiger partial charge in [0.05, 0.1) is 0 Å². The molecule has 2 aliphatic carbocycles. The summed E-state index contributed by atoms with van der Waals surface area (Å²) >= 11 is 0. The molecule has 3 aliphatic rings. The lowest BCUT2D eigenvalue weighted by Gasteiger charge is -2.32. The van der Waals surface area contributed by atoms with E-state index < -0.39 is 5.97 Å². The Hall–Kier alpha value is -0.570. The van der Waals surface area contributed by atoms with E-state index in [0.717, 1.165) is 18.9 Å². The van der Waals surface area contributed by atoms with Gasteiger partial charge in [-0.25, -0.2) is 0 Å². The maximum atomic E-state index is 11.3. The van der Waals surface area contributed by atoms with Crippen LogP contribution in [0.5, 0.6) is 0 Å². The maximum absolute atomic E-state index is 11.3. The van der Waals surface area contributed by atoms with Crippen LogP contribution in [0.4, 0.5) is 0 Å². The number of carbonyl (C=O) groups is 1. The Morgan fingerprint density at radius 3 is 2.62 bits per heavy atom. The van der Waals surface area contributed by atoms with Crippen LogP contribution in [0.3, 0.4) is 0 Å². The first-order chi connectivity index (χ1) is 7.75. The molecule has 3 fully saturated rings. The van der Waals surface area contributed by atoms with Crippen molar-refractivity contribution in [3.63, 3.8) is 0 Å². The Bertz CT molecular complexity index is 288. The number of likely N-dealkylation sites (tertiary alicyclic amines) is 1. The van der Waals surface area contributed by atoms with Crippen LogP contribution in [0.2, 0.25) is 0 Å². The monoisotopic (exact) mass is 223 g/mol. The average molecular weight is 223 g/mol.